The second-order valence-corrected chi connectivity index (χ2v) is 8.49. The third kappa shape index (κ3) is 4.45. The average Bonchev–Trinajstić information content (AvgIpc) is 2.86. The zero-order valence-electron chi connectivity index (χ0n) is 16.4. The van der Waals surface area contributed by atoms with Gasteiger partial charge in [0.2, 0.25) is 0 Å². The maximum Gasteiger partial charge on any atom is 0.175 e. The first-order chi connectivity index (χ1) is 12.6. The number of benzene rings is 1. The Morgan fingerprint density at radius 1 is 1.26 bits per heavy atom. The molecule has 2 heterocycles. The lowest BCUT2D eigenvalue weighted by Gasteiger charge is -2.40. The Balaban J connectivity index is 1.89. The summed E-state index contributed by atoms with van der Waals surface area (Å²) in [6.45, 7) is 5.13. The van der Waals surface area contributed by atoms with Crippen LogP contribution in [-0.4, -0.2) is 55.4 Å². The molecule has 1 aromatic rings. The van der Waals surface area contributed by atoms with E-state index in [2.05, 4.69) is 14.1 Å². The Hall–Kier alpha value is -1.63. The summed E-state index contributed by atoms with van der Waals surface area (Å²) in [6, 6.07) is 3.31. The van der Waals surface area contributed by atoms with Gasteiger partial charge in [0.1, 0.15) is 6.04 Å². The van der Waals surface area contributed by atoms with E-state index in [9.17, 15) is 13.6 Å². The number of hydrogen-bond donors (Lipinski definition) is 0. The molecule has 1 fully saturated rings. The number of carbonyl (C=O) groups is 1. The molecule has 0 radical (unpaired) electrons. The SMILES string of the molecule is CC1(C)OCC(CC2C(C(=O)c3ccc(F)c(F)c3)C=CCC[N+]2(C)C)O1. The Labute approximate surface area is 159 Å². The van der Waals surface area contributed by atoms with Crippen LogP contribution in [0.4, 0.5) is 8.78 Å². The van der Waals surface area contributed by atoms with E-state index in [1.165, 1.54) is 6.07 Å². The standard InChI is InChI=1S/C21H28F2NO3/c1-21(2)26-13-15(27-21)12-19-16(7-5-6-10-24(19,3)4)20(25)14-8-9-17(22)18(23)11-14/h5,7-9,11,15-16,19H,6,10,12-13H2,1-4H3/q+1. The molecule has 0 aliphatic carbocycles. The summed E-state index contributed by atoms with van der Waals surface area (Å²) in [7, 11) is 4.20. The van der Waals surface area contributed by atoms with Crippen molar-refractivity contribution in [3.8, 4) is 0 Å². The second-order valence-electron chi connectivity index (χ2n) is 8.49. The number of carbonyl (C=O) groups excluding carboxylic acids is 1. The third-order valence-electron chi connectivity index (χ3n) is 5.61. The fraction of sp³-hybridized carbons (Fsp3) is 0.571. The molecule has 1 saturated heterocycles. The number of nitrogens with zero attached hydrogens (tertiary/aromatic N) is 1. The molecule has 1 aromatic carbocycles. The largest absolute Gasteiger partial charge is 0.348 e. The van der Waals surface area contributed by atoms with Crippen molar-refractivity contribution in [3.63, 3.8) is 0 Å². The number of ether oxygens (including phenoxy) is 2. The van der Waals surface area contributed by atoms with Gasteiger partial charge in [-0.25, -0.2) is 8.78 Å². The summed E-state index contributed by atoms with van der Waals surface area (Å²) in [5, 5.41) is 0. The van der Waals surface area contributed by atoms with Crippen molar-refractivity contribution in [1.82, 2.24) is 0 Å². The van der Waals surface area contributed by atoms with Crippen LogP contribution in [0.3, 0.4) is 0 Å². The van der Waals surface area contributed by atoms with Gasteiger partial charge in [-0.05, 0) is 32.0 Å². The van der Waals surface area contributed by atoms with Gasteiger partial charge in [-0.15, -0.1) is 0 Å². The molecule has 2 aliphatic heterocycles. The van der Waals surface area contributed by atoms with Crippen LogP contribution in [0, 0.1) is 17.6 Å². The normalized spacial score (nSPS) is 29.5. The van der Waals surface area contributed by atoms with E-state index in [0.717, 1.165) is 25.1 Å². The quantitative estimate of drug-likeness (QED) is 0.454. The number of Topliss-reactive ketones (excluding diaryl/α,β-unsaturated/α-hetero) is 1. The molecule has 3 rings (SSSR count). The van der Waals surface area contributed by atoms with Crippen LogP contribution in [0.5, 0.6) is 0 Å². The topological polar surface area (TPSA) is 35.5 Å². The summed E-state index contributed by atoms with van der Waals surface area (Å²) in [4.78, 5) is 13.2. The molecule has 0 aromatic heterocycles. The maximum atomic E-state index is 13.7. The first kappa shape index (κ1) is 20.1. The Bertz CT molecular complexity index is 745. The second kappa shape index (κ2) is 7.41. The molecule has 27 heavy (non-hydrogen) atoms. The Morgan fingerprint density at radius 3 is 2.63 bits per heavy atom. The van der Waals surface area contributed by atoms with Gasteiger partial charge in [-0.1, -0.05) is 12.2 Å². The Morgan fingerprint density at radius 2 is 2.00 bits per heavy atom. The van der Waals surface area contributed by atoms with Gasteiger partial charge in [0, 0.05) is 18.4 Å². The highest BCUT2D eigenvalue weighted by atomic mass is 19.2. The van der Waals surface area contributed by atoms with E-state index in [4.69, 9.17) is 9.47 Å². The first-order valence-electron chi connectivity index (χ1n) is 9.39. The molecule has 0 saturated carbocycles. The van der Waals surface area contributed by atoms with Crippen molar-refractivity contribution in [2.45, 2.75) is 44.6 Å². The molecular weight excluding hydrogens is 352 g/mol. The van der Waals surface area contributed by atoms with Gasteiger partial charge < -0.3 is 14.0 Å². The highest BCUT2D eigenvalue weighted by molar-refractivity contribution is 5.99. The molecule has 0 amide bonds. The molecule has 3 atom stereocenters. The summed E-state index contributed by atoms with van der Waals surface area (Å²) < 4.78 is 39.2. The first-order valence-corrected chi connectivity index (χ1v) is 9.39. The predicted octanol–water partition coefficient (Wildman–Crippen LogP) is 3.71. The van der Waals surface area contributed by atoms with Crippen molar-refractivity contribution < 1.29 is 27.5 Å². The van der Waals surface area contributed by atoms with Gasteiger partial charge in [-0.3, -0.25) is 4.79 Å². The molecule has 148 valence electrons. The zero-order valence-corrected chi connectivity index (χ0v) is 16.4. The summed E-state index contributed by atoms with van der Waals surface area (Å²) >= 11 is 0. The molecular formula is C21H28F2NO3+. The average molecular weight is 380 g/mol. The van der Waals surface area contributed by atoms with E-state index >= 15 is 0 Å². The van der Waals surface area contributed by atoms with Crippen LogP contribution in [0.1, 0.15) is 37.0 Å². The van der Waals surface area contributed by atoms with E-state index in [-0.39, 0.29) is 23.5 Å². The maximum absolute atomic E-state index is 13.7. The fourth-order valence-electron chi connectivity index (χ4n) is 4.06. The van der Waals surface area contributed by atoms with Crippen LogP contribution < -0.4 is 0 Å². The van der Waals surface area contributed by atoms with Crippen molar-refractivity contribution in [3.05, 3.63) is 47.5 Å². The minimum atomic E-state index is -1.00. The molecule has 3 unspecified atom stereocenters. The highest BCUT2D eigenvalue weighted by Gasteiger charge is 2.44. The van der Waals surface area contributed by atoms with E-state index in [0.29, 0.717) is 17.5 Å². The number of ketones is 1. The lowest BCUT2D eigenvalue weighted by Crippen LogP contribution is -2.54. The summed E-state index contributed by atoms with van der Waals surface area (Å²) in [5.74, 6) is -3.20. The van der Waals surface area contributed by atoms with Crippen molar-refractivity contribution in [1.29, 1.82) is 0 Å². The zero-order chi connectivity index (χ0) is 19.8. The summed E-state index contributed by atoms with van der Waals surface area (Å²) in [6.07, 6.45) is 5.34. The molecule has 6 heteroatoms. The number of hydrogen-bond acceptors (Lipinski definition) is 3. The van der Waals surface area contributed by atoms with Crippen molar-refractivity contribution >= 4 is 5.78 Å². The summed E-state index contributed by atoms with van der Waals surface area (Å²) in [5.41, 5.74) is 0.194. The van der Waals surface area contributed by atoms with Gasteiger partial charge in [0.25, 0.3) is 0 Å². The molecule has 4 nitrogen and oxygen atoms in total. The van der Waals surface area contributed by atoms with E-state index in [1.54, 1.807) is 0 Å². The van der Waals surface area contributed by atoms with Gasteiger partial charge in [0.15, 0.2) is 23.2 Å². The van der Waals surface area contributed by atoms with Crippen LogP contribution in [0.25, 0.3) is 0 Å². The third-order valence-corrected chi connectivity index (χ3v) is 5.61. The number of quaternary nitrogens is 1. The smallest absolute Gasteiger partial charge is 0.175 e. The minimum Gasteiger partial charge on any atom is -0.348 e. The number of rotatable bonds is 4. The Kier molecular flexibility index (Phi) is 5.52. The van der Waals surface area contributed by atoms with Crippen molar-refractivity contribution in [2.24, 2.45) is 5.92 Å². The van der Waals surface area contributed by atoms with E-state index < -0.39 is 23.3 Å². The predicted molar refractivity (Wildman–Crippen MR) is 98.2 cm³/mol. The molecule has 2 aliphatic rings. The highest BCUT2D eigenvalue weighted by Crippen LogP contribution is 2.33. The van der Waals surface area contributed by atoms with Gasteiger partial charge in [0.05, 0.1) is 39.3 Å². The van der Waals surface area contributed by atoms with Gasteiger partial charge >= 0.3 is 0 Å². The van der Waals surface area contributed by atoms with Crippen LogP contribution >= 0.6 is 0 Å². The fourth-order valence-corrected chi connectivity index (χ4v) is 4.06. The monoisotopic (exact) mass is 380 g/mol. The molecule has 0 bridgehead atoms. The number of halogens is 2. The lowest BCUT2D eigenvalue weighted by atomic mass is 9.86. The van der Waals surface area contributed by atoms with Gasteiger partial charge in [-0.2, -0.15) is 0 Å². The van der Waals surface area contributed by atoms with E-state index in [1.807, 2.05) is 26.0 Å². The van der Waals surface area contributed by atoms with Crippen molar-refractivity contribution in [2.75, 3.05) is 27.2 Å². The minimum absolute atomic E-state index is 0.0492. The van der Waals surface area contributed by atoms with Crippen LogP contribution in [0.15, 0.2) is 30.4 Å². The molecule has 0 N–H and O–H groups in total. The molecule has 0 spiro atoms. The van der Waals surface area contributed by atoms with Crippen LogP contribution in [0.2, 0.25) is 0 Å². The lowest BCUT2D eigenvalue weighted by molar-refractivity contribution is -0.916. The van der Waals surface area contributed by atoms with Crippen LogP contribution in [-0.2, 0) is 9.47 Å².